The summed E-state index contributed by atoms with van der Waals surface area (Å²) in [5.74, 6) is -0.357. The molecule has 0 aliphatic carbocycles. The number of rotatable bonds is 4. The minimum absolute atomic E-state index is 0.300. The van der Waals surface area contributed by atoms with Crippen LogP contribution in [0.4, 0.5) is 0 Å². The Hall–Kier alpha value is 0.120. The van der Waals surface area contributed by atoms with E-state index in [9.17, 15) is 4.79 Å². The van der Waals surface area contributed by atoms with Gasteiger partial charge in [0.25, 0.3) is 0 Å². The first-order valence-corrected chi connectivity index (χ1v) is 3.80. The first kappa shape index (κ1) is 9.12. The zero-order chi connectivity index (χ0) is 7.28. The molecule has 1 unspecified atom stereocenters. The van der Waals surface area contributed by atoms with Crippen LogP contribution in [-0.4, -0.2) is 23.0 Å². The SMILES string of the molecule is NCCNC(I)C(N)=O. The van der Waals surface area contributed by atoms with Gasteiger partial charge in [0.2, 0.25) is 5.91 Å². The van der Waals surface area contributed by atoms with E-state index in [1.54, 1.807) is 0 Å². The molecule has 0 aromatic rings. The maximum absolute atomic E-state index is 10.3. The monoisotopic (exact) mass is 243 g/mol. The number of carbonyl (C=O) groups excluding carboxylic acids is 1. The molecule has 0 saturated carbocycles. The van der Waals surface area contributed by atoms with Crippen molar-refractivity contribution in [1.29, 1.82) is 0 Å². The van der Waals surface area contributed by atoms with Crippen LogP contribution >= 0.6 is 22.6 Å². The Kier molecular flexibility index (Phi) is 5.02. The molecule has 1 atom stereocenters. The van der Waals surface area contributed by atoms with Crippen LogP contribution in [0.2, 0.25) is 0 Å². The van der Waals surface area contributed by atoms with Crippen molar-refractivity contribution in [2.24, 2.45) is 11.5 Å². The number of hydrogen-bond donors (Lipinski definition) is 3. The molecule has 0 rings (SSSR count). The normalized spacial score (nSPS) is 13.1. The van der Waals surface area contributed by atoms with Crippen LogP contribution in [0.1, 0.15) is 0 Å². The van der Waals surface area contributed by atoms with Crippen LogP contribution in [0.25, 0.3) is 0 Å². The lowest BCUT2D eigenvalue weighted by molar-refractivity contribution is -0.117. The number of primary amides is 1. The highest BCUT2D eigenvalue weighted by Gasteiger charge is 2.06. The third-order valence-corrected chi connectivity index (χ3v) is 1.77. The van der Waals surface area contributed by atoms with Crippen LogP contribution < -0.4 is 16.8 Å². The van der Waals surface area contributed by atoms with Gasteiger partial charge in [-0.25, -0.2) is 0 Å². The lowest BCUT2D eigenvalue weighted by atomic mass is 10.5. The third-order valence-electron chi connectivity index (χ3n) is 0.718. The first-order valence-electron chi connectivity index (χ1n) is 2.55. The van der Waals surface area contributed by atoms with E-state index in [0.29, 0.717) is 13.1 Å². The lowest BCUT2D eigenvalue weighted by Crippen LogP contribution is -2.38. The van der Waals surface area contributed by atoms with E-state index >= 15 is 0 Å². The number of amides is 1. The summed E-state index contributed by atoms with van der Waals surface area (Å²) in [6.07, 6.45) is 0. The molecule has 0 saturated heterocycles. The minimum atomic E-state index is -0.357. The summed E-state index contributed by atoms with van der Waals surface area (Å²) >= 11 is 1.91. The maximum Gasteiger partial charge on any atom is 0.244 e. The average Bonchev–Trinajstić information content (AvgIpc) is 1.82. The largest absolute Gasteiger partial charge is 0.368 e. The van der Waals surface area contributed by atoms with Gasteiger partial charge in [0, 0.05) is 13.1 Å². The Morgan fingerprint density at radius 2 is 2.33 bits per heavy atom. The van der Waals surface area contributed by atoms with Crippen molar-refractivity contribution < 1.29 is 4.79 Å². The third kappa shape index (κ3) is 4.61. The Balaban J connectivity index is 3.27. The minimum Gasteiger partial charge on any atom is -0.368 e. The van der Waals surface area contributed by atoms with E-state index in [-0.39, 0.29) is 9.96 Å². The molecule has 0 aromatic carbocycles. The fraction of sp³-hybridized carbons (Fsp3) is 0.750. The Morgan fingerprint density at radius 3 is 2.67 bits per heavy atom. The van der Waals surface area contributed by atoms with Gasteiger partial charge in [0.15, 0.2) is 0 Å². The summed E-state index contributed by atoms with van der Waals surface area (Å²) in [5, 5.41) is 2.82. The van der Waals surface area contributed by atoms with Gasteiger partial charge in [-0.2, -0.15) is 0 Å². The second-order valence-electron chi connectivity index (χ2n) is 1.51. The molecule has 0 fully saturated rings. The zero-order valence-electron chi connectivity index (χ0n) is 4.93. The van der Waals surface area contributed by atoms with Gasteiger partial charge in [0.1, 0.15) is 4.05 Å². The predicted octanol–water partition coefficient (Wildman–Crippen LogP) is -1.22. The van der Waals surface area contributed by atoms with E-state index in [4.69, 9.17) is 11.5 Å². The fourth-order valence-electron chi connectivity index (χ4n) is 0.311. The molecule has 9 heavy (non-hydrogen) atoms. The topological polar surface area (TPSA) is 81.1 Å². The van der Waals surface area contributed by atoms with Gasteiger partial charge in [-0.15, -0.1) is 0 Å². The van der Waals surface area contributed by atoms with Gasteiger partial charge in [-0.3, -0.25) is 10.1 Å². The number of nitrogens with two attached hydrogens (primary N) is 2. The highest BCUT2D eigenvalue weighted by molar-refractivity contribution is 14.1. The number of halogens is 1. The van der Waals surface area contributed by atoms with Crippen molar-refractivity contribution in [3.05, 3.63) is 0 Å². The standard InChI is InChI=1S/C4H10IN3O/c5-3(4(7)9)8-2-1-6/h3,8H,1-2,6H2,(H2,7,9). The summed E-state index contributed by atoms with van der Waals surface area (Å²) < 4.78 is -0.300. The van der Waals surface area contributed by atoms with Gasteiger partial charge in [-0.05, 0) is 0 Å². The highest BCUT2D eigenvalue weighted by atomic mass is 127. The molecule has 0 aromatic heterocycles. The zero-order valence-corrected chi connectivity index (χ0v) is 7.09. The maximum atomic E-state index is 10.3. The van der Waals surface area contributed by atoms with Crippen molar-refractivity contribution in [2.75, 3.05) is 13.1 Å². The van der Waals surface area contributed by atoms with Crippen LogP contribution in [0.3, 0.4) is 0 Å². The average molecular weight is 243 g/mol. The quantitative estimate of drug-likeness (QED) is 0.329. The highest BCUT2D eigenvalue weighted by Crippen LogP contribution is 1.91. The first-order chi connectivity index (χ1) is 4.18. The molecule has 0 spiro atoms. The van der Waals surface area contributed by atoms with Crippen LogP contribution in [-0.2, 0) is 4.79 Å². The van der Waals surface area contributed by atoms with Gasteiger partial charge < -0.3 is 11.5 Å². The number of alkyl halides is 1. The molecule has 5 N–H and O–H groups in total. The second-order valence-corrected chi connectivity index (χ2v) is 2.75. The van der Waals surface area contributed by atoms with Crippen molar-refractivity contribution in [3.63, 3.8) is 0 Å². The lowest BCUT2D eigenvalue weighted by Gasteiger charge is -2.05. The molecule has 0 aliphatic heterocycles. The van der Waals surface area contributed by atoms with Crippen molar-refractivity contribution in [1.82, 2.24) is 5.32 Å². The van der Waals surface area contributed by atoms with Gasteiger partial charge >= 0.3 is 0 Å². The Labute approximate surface area is 67.5 Å². The molecule has 5 heteroatoms. The number of hydrogen-bond acceptors (Lipinski definition) is 3. The fourth-order valence-corrected chi connectivity index (χ4v) is 0.622. The van der Waals surface area contributed by atoms with Crippen molar-refractivity contribution >= 4 is 28.5 Å². The molecular formula is C4H10IN3O. The molecule has 0 heterocycles. The summed E-state index contributed by atoms with van der Waals surface area (Å²) in [6.45, 7) is 1.14. The van der Waals surface area contributed by atoms with Crippen molar-refractivity contribution in [3.8, 4) is 0 Å². The summed E-state index contributed by atoms with van der Waals surface area (Å²) in [5.41, 5.74) is 10.1. The molecule has 0 radical (unpaired) electrons. The van der Waals surface area contributed by atoms with Crippen LogP contribution in [0.15, 0.2) is 0 Å². The molecule has 1 amide bonds. The van der Waals surface area contributed by atoms with E-state index in [1.807, 2.05) is 22.6 Å². The number of carbonyl (C=O) groups is 1. The van der Waals surface area contributed by atoms with E-state index in [0.717, 1.165) is 0 Å². The number of nitrogens with one attached hydrogen (secondary N) is 1. The molecule has 54 valence electrons. The van der Waals surface area contributed by atoms with Crippen molar-refractivity contribution in [2.45, 2.75) is 4.05 Å². The van der Waals surface area contributed by atoms with E-state index in [2.05, 4.69) is 5.32 Å². The summed E-state index contributed by atoms with van der Waals surface area (Å²) in [4.78, 5) is 10.3. The molecular weight excluding hydrogens is 233 g/mol. The van der Waals surface area contributed by atoms with Crippen LogP contribution in [0.5, 0.6) is 0 Å². The van der Waals surface area contributed by atoms with Gasteiger partial charge in [-0.1, -0.05) is 22.6 Å². The summed E-state index contributed by atoms with van der Waals surface area (Å²) in [6, 6.07) is 0. The Bertz CT molecular complexity index is 97.8. The van der Waals surface area contributed by atoms with E-state index in [1.165, 1.54) is 0 Å². The Morgan fingerprint density at radius 1 is 1.78 bits per heavy atom. The second kappa shape index (κ2) is 4.95. The molecule has 0 aliphatic rings. The van der Waals surface area contributed by atoms with E-state index < -0.39 is 0 Å². The van der Waals surface area contributed by atoms with Crippen LogP contribution in [0, 0.1) is 0 Å². The van der Waals surface area contributed by atoms with Gasteiger partial charge in [0.05, 0.1) is 0 Å². The predicted molar refractivity (Wildman–Crippen MR) is 44.1 cm³/mol. The molecule has 4 nitrogen and oxygen atoms in total. The smallest absolute Gasteiger partial charge is 0.244 e. The molecule has 0 bridgehead atoms. The summed E-state index contributed by atoms with van der Waals surface area (Å²) in [7, 11) is 0.